The number of hydrogen-bond donors (Lipinski definition) is 2. The zero-order valence-electron chi connectivity index (χ0n) is 12.9. The van der Waals surface area contributed by atoms with Gasteiger partial charge in [0.2, 0.25) is 17.2 Å². The summed E-state index contributed by atoms with van der Waals surface area (Å²) in [6.45, 7) is 8.13. The Morgan fingerprint density at radius 3 is 2.35 bits per heavy atom. The van der Waals surface area contributed by atoms with Gasteiger partial charge in [-0.1, -0.05) is 20.8 Å². The van der Waals surface area contributed by atoms with Crippen LogP contribution < -0.4 is 10.6 Å². The number of anilines is 2. The number of aromatic nitrogens is 3. The van der Waals surface area contributed by atoms with Crippen LogP contribution in [0.5, 0.6) is 0 Å². The first-order valence-corrected chi connectivity index (χ1v) is 7.36. The lowest BCUT2D eigenvalue weighted by Gasteiger charge is -2.25. The van der Waals surface area contributed by atoms with Gasteiger partial charge in [0.05, 0.1) is 0 Å². The van der Waals surface area contributed by atoms with Gasteiger partial charge in [0.25, 0.3) is 0 Å². The first-order valence-electron chi connectivity index (χ1n) is 6.99. The van der Waals surface area contributed by atoms with Gasteiger partial charge in [-0.2, -0.15) is 15.0 Å². The van der Waals surface area contributed by atoms with Gasteiger partial charge >= 0.3 is 0 Å². The standard InChI is InChI=1S/C13H25ClN6/c1-6-7-15-12-17-11(14)18-13(19-12)16-10(9(2)3)8-20(4)5/h9-10H,6-8H2,1-5H3,(H2,15,16,17,18,19). The van der Waals surface area contributed by atoms with Crippen molar-refractivity contribution in [2.24, 2.45) is 5.92 Å². The van der Waals surface area contributed by atoms with Crippen LogP contribution in [0.1, 0.15) is 27.2 Å². The molecule has 0 amide bonds. The highest BCUT2D eigenvalue weighted by molar-refractivity contribution is 6.28. The molecule has 0 fully saturated rings. The first-order chi connectivity index (χ1) is 9.42. The van der Waals surface area contributed by atoms with Gasteiger partial charge in [-0.25, -0.2) is 0 Å². The molecule has 1 rings (SSSR count). The maximum absolute atomic E-state index is 5.95. The van der Waals surface area contributed by atoms with Gasteiger partial charge in [-0.15, -0.1) is 0 Å². The minimum Gasteiger partial charge on any atom is -0.354 e. The third-order valence-electron chi connectivity index (χ3n) is 2.82. The highest BCUT2D eigenvalue weighted by Gasteiger charge is 2.16. The van der Waals surface area contributed by atoms with E-state index in [4.69, 9.17) is 11.6 Å². The highest BCUT2D eigenvalue weighted by Crippen LogP contribution is 2.13. The summed E-state index contributed by atoms with van der Waals surface area (Å²) in [5, 5.41) is 6.66. The van der Waals surface area contributed by atoms with Crippen LogP contribution in [-0.4, -0.2) is 53.1 Å². The maximum Gasteiger partial charge on any atom is 0.229 e. The van der Waals surface area contributed by atoms with E-state index in [0.29, 0.717) is 17.8 Å². The van der Waals surface area contributed by atoms with Gasteiger partial charge in [0, 0.05) is 19.1 Å². The Balaban J connectivity index is 2.80. The molecule has 0 bridgehead atoms. The number of rotatable bonds is 8. The fourth-order valence-electron chi connectivity index (χ4n) is 1.71. The van der Waals surface area contributed by atoms with Gasteiger partial charge in [-0.05, 0) is 38.0 Å². The van der Waals surface area contributed by atoms with Crippen LogP contribution in [0.25, 0.3) is 0 Å². The van der Waals surface area contributed by atoms with Crippen molar-refractivity contribution in [3.05, 3.63) is 5.28 Å². The molecular weight excluding hydrogens is 276 g/mol. The molecule has 7 heteroatoms. The second-order valence-electron chi connectivity index (χ2n) is 5.44. The van der Waals surface area contributed by atoms with Crippen LogP contribution in [0.2, 0.25) is 5.28 Å². The second-order valence-corrected chi connectivity index (χ2v) is 5.77. The molecule has 20 heavy (non-hydrogen) atoms. The fraction of sp³-hybridized carbons (Fsp3) is 0.769. The van der Waals surface area contributed by atoms with Crippen LogP contribution in [0.3, 0.4) is 0 Å². The lowest BCUT2D eigenvalue weighted by molar-refractivity contribution is 0.343. The molecule has 1 aromatic rings. The number of nitrogens with zero attached hydrogens (tertiary/aromatic N) is 4. The third-order valence-corrected chi connectivity index (χ3v) is 2.99. The molecule has 0 aliphatic carbocycles. The van der Waals surface area contributed by atoms with E-state index in [1.807, 2.05) is 14.1 Å². The lowest BCUT2D eigenvalue weighted by Crippen LogP contribution is -2.37. The van der Waals surface area contributed by atoms with E-state index in [1.54, 1.807) is 0 Å². The summed E-state index contributed by atoms with van der Waals surface area (Å²) in [5.41, 5.74) is 0. The molecule has 0 aliphatic heterocycles. The minimum absolute atomic E-state index is 0.202. The van der Waals surface area contributed by atoms with Gasteiger partial charge in [0.15, 0.2) is 0 Å². The van der Waals surface area contributed by atoms with Crippen molar-refractivity contribution >= 4 is 23.5 Å². The number of nitrogens with one attached hydrogen (secondary N) is 2. The molecule has 0 spiro atoms. The van der Waals surface area contributed by atoms with E-state index in [0.717, 1.165) is 19.5 Å². The molecule has 0 aliphatic rings. The van der Waals surface area contributed by atoms with Crippen LogP contribution in [0, 0.1) is 5.92 Å². The molecule has 6 nitrogen and oxygen atoms in total. The zero-order valence-corrected chi connectivity index (χ0v) is 13.7. The predicted molar refractivity (Wildman–Crippen MR) is 84.4 cm³/mol. The van der Waals surface area contributed by atoms with Gasteiger partial charge < -0.3 is 15.5 Å². The predicted octanol–water partition coefficient (Wildman–Crippen LogP) is 2.34. The van der Waals surface area contributed by atoms with Crippen molar-refractivity contribution in [1.82, 2.24) is 19.9 Å². The zero-order chi connectivity index (χ0) is 15.1. The summed E-state index contributed by atoms with van der Waals surface area (Å²) in [4.78, 5) is 14.7. The maximum atomic E-state index is 5.95. The Kier molecular flexibility index (Phi) is 6.95. The SMILES string of the molecule is CCCNc1nc(Cl)nc(NC(CN(C)C)C(C)C)n1. The molecule has 0 radical (unpaired) electrons. The van der Waals surface area contributed by atoms with E-state index in [9.17, 15) is 0 Å². The van der Waals surface area contributed by atoms with E-state index in [-0.39, 0.29) is 11.3 Å². The number of hydrogen-bond acceptors (Lipinski definition) is 6. The Morgan fingerprint density at radius 2 is 1.80 bits per heavy atom. The van der Waals surface area contributed by atoms with Crippen molar-refractivity contribution in [1.29, 1.82) is 0 Å². The normalized spacial score (nSPS) is 12.8. The minimum atomic E-state index is 0.202. The van der Waals surface area contributed by atoms with E-state index >= 15 is 0 Å². The molecule has 0 aromatic carbocycles. The summed E-state index contributed by atoms with van der Waals surface area (Å²) in [5.74, 6) is 1.49. The van der Waals surface area contributed by atoms with Crippen LogP contribution in [0.15, 0.2) is 0 Å². The molecule has 0 saturated heterocycles. The molecule has 2 N–H and O–H groups in total. The number of halogens is 1. The van der Waals surface area contributed by atoms with E-state index in [2.05, 4.69) is 51.3 Å². The fourth-order valence-corrected chi connectivity index (χ4v) is 1.87. The Labute approximate surface area is 126 Å². The topological polar surface area (TPSA) is 66.0 Å². The average molecular weight is 301 g/mol. The van der Waals surface area contributed by atoms with Crippen LogP contribution in [-0.2, 0) is 0 Å². The van der Waals surface area contributed by atoms with Crippen molar-refractivity contribution < 1.29 is 0 Å². The summed E-state index contributed by atoms with van der Waals surface area (Å²) < 4.78 is 0. The molecule has 1 unspecified atom stereocenters. The smallest absolute Gasteiger partial charge is 0.229 e. The summed E-state index contributed by atoms with van der Waals surface area (Å²) in [6.07, 6.45) is 1.00. The molecule has 1 heterocycles. The third kappa shape index (κ3) is 5.88. The first kappa shape index (κ1) is 16.9. The quantitative estimate of drug-likeness (QED) is 0.768. The molecule has 114 valence electrons. The molecule has 1 aromatic heterocycles. The highest BCUT2D eigenvalue weighted by atomic mass is 35.5. The Hall–Kier alpha value is -1.14. The molecule has 1 atom stereocenters. The molecule has 0 saturated carbocycles. The van der Waals surface area contributed by atoms with Gasteiger partial charge in [-0.3, -0.25) is 0 Å². The van der Waals surface area contributed by atoms with Crippen molar-refractivity contribution in [3.8, 4) is 0 Å². The largest absolute Gasteiger partial charge is 0.354 e. The van der Waals surface area contributed by atoms with Crippen molar-refractivity contribution in [3.63, 3.8) is 0 Å². The Bertz CT molecular complexity index is 410. The lowest BCUT2D eigenvalue weighted by atomic mass is 10.0. The van der Waals surface area contributed by atoms with Crippen LogP contribution in [0.4, 0.5) is 11.9 Å². The molecular formula is C13H25ClN6. The van der Waals surface area contributed by atoms with E-state index < -0.39 is 0 Å². The van der Waals surface area contributed by atoms with Crippen molar-refractivity contribution in [2.45, 2.75) is 33.2 Å². The summed E-state index contributed by atoms with van der Waals surface area (Å²) in [7, 11) is 4.09. The second kappa shape index (κ2) is 8.21. The average Bonchev–Trinajstić information content (AvgIpc) is 2.34. The monoisotopic (exact) mass is 300 g/mol. The number of likely N-dealkylation sites (N-methyl/N-ethyl adjacent to an activating group) is 1. The van der Waals surface area contributed by atoms with E-state index in [1.165, 1.54) is 0 Å². The van der Waals surface area contributed by atoms with Gasteiger partial charge in [0.1, 0.15) is 0 Å². The van der Waals surface area contributed by atoms with Crippen molar-refractivity contribution in [2.75, 3.05) is 37.8 Å². The summed E-state index contributed by atoms with van der Waals surface area (Å²) >= 11 is 5.95. The van der Waals surface area contributed by atoms with Crippen LogP contribution >= 0.6 is 11.6 Å². The summed E-state index contributed by atoms with van der Waals surface area (Å²) in [6, 6.07) is 0.252. The Morgan fingerprint density at radius 1 is 1.15 bits per heavy atom.